The summed E-state index contributed by atoms with van der Waals surface area (Å²) in [4.78, 5) is 4.31. The molecule has 2 rings (SSSR count). The molecule has 80 valence electrons. The zero-order valence-electron chi connectivity index (χ0n) is 9.41. The number of para-hydroxylation sites is 1. The maximum absolute atomic E-state index is 5.75. The minimum absolute atomic E-state index is 0.153. The van der Waals surface area contributed by atoms with Crippen LogP contribution >= 0.6 is 0 Å². The molecule has 1 aromatic rings. The van der Waals surface area contributed by atoms with Gasteiger partial charge in [-0.25, -0.2) is 4.99 Å². The first-order chi connectivity index (χ1) is 7.09. The lowest BCUT2D eigenvalue weighted by Gasteiger charge is -2.24. The topological polar surface area (TPSA) is 50.4 Å². The molecule has 0 aliphatic carbocycles. The molecule has 15 heavy (non-hydrogen) atoms. The highest BCUT2D eigenvalue weighted by Gasteiger charge is 2.19. The van der Waals surface area contributed by atoms with Crippen molar-refractivity contribution in [3.8, 4) is 0 Å². The molecule has 3 heteroatoms. The minimum Gasteiger partial charge on any atom is -0.370 e. The Balaban J connectivity index is 2.54. The van der Waals surface area contributed by atoms with Gasteiger partial charge in [-0.05, 0) is 18.4 Å². The Hall–Kier alpha value is -1.51. The van der Waals surface area contributed by atoms with Crippen LogP contribution in [-0.2, 0) is 0 Å². The van der Waals surface area contributed by atoms with E-state index in [0.717, 1.165) is 5.69 Å². The van der Waals surface area contributed by atoms with E-state index in [0.29, 0.717) is 11.9 Å². The van der Waals surface area contributed by atoms with E-state index >= 15 is 0 Å². The molecular formula is C12H17N3. The third-order valence-corrected chi connectivity index (χ3v) is 2.79. The number of fused-ring (bicyclic) bond motifs is 1. The second-order valence-electron chi connectivity index (χ2n) is 4.28. The van der Waals surface area contributed by atoms with E-state index in [-0.39, 0.29) is 6.04 Å². The van der Waals surface area contributed by atoms with Crippen LogP contribution in [0.25, 0.3) is 0 Å². The molecule has 1 aromatic carbocycles. The Morgan fingerprint density at radius 1 is 1.40 bits per heavy atom. The summed E-state index contributed by atoms with van der Waals surface area (Å²) in [7, 11) is 0. The van der Waals surface area contributed by atoms with Gasteiger partial charge in [0.05, 0.1) is 6.04 Å². The van der Waals surface area contributed by atoms with E-state index in [2.05, 4.69) is 49.3 Å². The number of anilines is 1. The number of benzene rings is 1. The predicted molar refractivity (Wildman–Crippen MR) is 64.2 cm³/mol. The van der Waals surface area contributed by atoms with Gasteiger partial charge in [0, 0.05) is 11.3 Å². The van der Waals surface area contributed by atoms with Crippen LogP contribution in [0.1, 0.15) is 43.9 Å². The first kappa shape index (κ1) is 10.0. The van der Waals surface area contributed by atoms with E-state index in [1.807, 2.05) is 0 Å². The molecule has 1 unspecified atom stereocenters. The van der Waals surface area contributed by atoms with Crippen molar-refractivity contribution < 1.29 is 0 Å². The Bertz CT molecular complexity index is 407. The van der Waals surface area contributed by atoms with Crippen LogP contribution in [0.2, 0.25) is 0 Å². The van der Waals surface area contributed by atoms with Gasteiger partial charge in [-0.15, -0.1) is 0 Å². The average molecular weight is 203 g/mol. The smallest absolute Gasteiger partial charge is 0.193 e. The van der Waals surface area contributed by atoms with Gasteiger partial charge in [-0.3, -0.25) is 0 Å². The van der Waals surface area contributed by atoms with E-state index < -0.39 is 0 Å². The van der Waals surface area contributed by atoms with Crippen LogP contribution in [0.5, 0.6) is 0 Å². The monoisotopic (exact) mass is 203 g/mol. The average Bonchev–Trinajstić information content (AvgIpc) is 2.16. The van der Waals surface area contributed by atoms with E-state index in [1.54, 1.807) is 0 Å². The Morgan fingerprint density at radius 3 is 2.80 bits per heavy atom. The molecule has 0 spiro atoms. The van der Waals surface area contributed by atoms with Gasteiger partial charge in [0.1, 0.15) is 0 Å². The van der Waals surface area contributed by atoms with Crippen LogP contribution in [0.15, 0.2) is 23.2 Å². The Morgan fingerprint density at radius 2 is 2.13 bits per heavy atom. The number of guanidine groups is 1. The lowest BCUT2D eigenvalue weighted by molar-refractivity contribution is 0.795. The fraction of sp³-hybridized carbons (Fsp3) is 0.417. The Kier molecular flexibility index (Phi) is 2.39. The van der Waals surface area contributed by atoms with Gasteiger partial charge >= 0.3 is 0 Å². The zero-order chi connectivity index (χ0) is 11.0. The zero-order valence-corrected chi connectivity index (χ0v) is 9.41. The molecular weight excluding hydrogens is 186 g/mol. The summed E-state index contributed by atoms with van der Waals surface area (Å²) in [6.07, 6.45) is 0. The van der Waals surface area contributed by atoms with E-state index in [4.69, 9.17) is 5.73 Å². The molecule has 0 radical (unpaired) electrons. The minimum atomic E-state index is 0.153. The van der Waals surface area contributed by atoms with Gasteiger partial charge in [-0.2, -0.15) is 0 Å². The second-order valence-corrected chi connectivity index (χ2v) is 4.28. The number of hydrogen-bond acceptors (Lipinski definition) is 3. The summed E-state index contributed by atoms with van der Waals surface area (Å²) in [5.41, 5.74) is 9.43. The molecule has 1 aliphatic rings. The van der Waals surface area contributed by atoms with Crippen molar-refractivity contribution in [3.63, 3.8) is 0 Å². The van der Waals surface area contributed by atoms with Crippen LogP contribution in [0.4, 0.5) is 5.69 Å². The number of nitrogens with two attached hydrogens (primary N) is 1. The number of nitrogens with one attached hydrogen (secondary N) is 1. The number of aliphatic imine (C=N–C) groups is 1. The normalized spacial score (nSPS) is 19.5. The summed E-state index contributed by atoms with van der Waals surface area (Å²) in [5, 5.41) is 3.17. The van der Waals surface area contributed by atoms with Gasteiger partial charge in [0.15, 0.2) is 5.96 Å². The van der Waals surface area contributed by atoms with Crippen LogP contribution in [-0.4, -0.2) is 5.96 Å². The summed E-state index contributed by atoms with van der Waals surface area (Å²) in [6.45, 7) is 6.43. The largest absolute Gasteiger partial charge is 0.370 e. The fourth-order valence-corrected chi connectivity index (χ4v) is 2.00. The molecule has 0 amide bonds. The molecule has 1 heterocycles. The molecule has 0 saturated heterocycles. The van der Waals surface area contributed by atoms with Crippen molar-refractivity contribution in [2.45, 2.75) is 32.7 Å². The van der Waals surface area contributed by atoms with Gasteiger partial charge in [0.2, 0.25) is 0 Å². The molecule has 0 saturated carbocycles. The summed E-state index contributed by atoms with van der Waals surface area (Å²) >= 11 is 0. The molecule has 0 fully saturated rings. The number of hydrogen-bond donors (Lipinski definition) is 2. The fourth-order valence-electron chi connectivity index (χ4n) is 2.00. The Labute approximate surface area is 90.4 Å². The van der Waals surface area contributed by atoms with E-state index in [1.165, 1.54) is 11.1 Å². The molecule has 0 bridgehead atoms. The van der Waals surface area contributed by atoms with Crippen molar-refractivity contribution in [2.24, 2.45) is 10.7 Å². The SMILES string of the molecule is CC(C)c1cccc2c1NC(N)=NC2C. The van der Waals surface area contributed by atoms with Gasteiger partial charge in [0.25, 0.3) is 0 Å². The van der Waals surface area contributed by atoms with Gasteiger partial charge in [-0.1, -0.05) is 32.0 Å². The third kappa shape index (κ3) is 1.69. The van der Waals surface area contributed by atoms with Crippen molar-refractivity contribution >= 4 is 11.6 Å². The summed E-state index contributed by atoms with van der Waals surface area (Å²) < 4.78 is 0. The van der Waals surface area contributed by atoms with Crippen molar-refractivity contribution in [1.82, 2.24) is 0 Å². The quantitative estimate of drug-likeness (QED) is 0.737. The molecule has 3 nitrogen and oxygen atoms in total. The maximum atomic E-state index is 5.75. The summed E-state index contributed by atoms with van der Waals surface area (Å²) in [5.74, 6) is 1.01. The highest BCUT2D eigenvalue weighted by atomic mass is 15.1. The molecule has 0 aromatic heterocycles. The first-order valence-corrected chi connectivity index (χ1v) is 5.32. The first-order valence-electron chi connectivity index (χ1n) is 5.32. The molecule has 1 aliphatic heterocycles. The highest BCUT2D eigenvalue weighted by molar-refractivity contribution is 5.96. The van der Waals surface area contributed by atoms with Crippen LogP contribution in [0, 0.1) is 0 Å². The molecule has 1 atom stereocenters. The van der Waals surface area contributed by atoms with Crippen molar-refractivity contribution in [2.75, 3.05) is 5.32 Å². The lowest BCUT2D eigenvalue weighted by atomic mass is 9.94. The van der Waals surface area contributed by atoms with E-state index in [9.17, 15) is 0 Å². The lowest BCUT2D eigenvalue weighted by Crippen LogP contribution is -2.28. The standard InChI is InChI=1S/C12H17N3/c1-7(2)9-5-4-6-10-8(3)14-12(13)15-11(9)10/h4-8H,1-3H3,(H3,13,14,15). The van der Waals surface area contributed by atoms with Crippen LogP contribution < -0.4 is 11.1 Å². The number of rotatable bonds is 1. The van der Waals surface area contributed by atoms with Crippen LogP contribution in [0.3, 0.4) is 0 Å². The van der Waals surface area contributed by atoms with Gasteiger partial charge < -0.3 is 11.1 Å². The number of nitrogens with zero attached hydrogens (tertiary/aromatic N) is 1. The maximum Gasteiger partial charge on any atom is 0.193 e. The summed E-state index contributed by atoms with van der Waals surface area (Å²) in [6, 6.07) is 6.49. The van der Waals surface area contributed by atoms with Crippen molar-refractivity contribution in [3.05, 3.63) is 29.3 Å². The van der Waals surface area contributed by atoms with Crippen molar-refractivity contribution in [1.29, 1.82) is 0 Å². The molecule has 3 N–H and O–H groups in total. The third-order valence-electron chi connectivity index (χ3n) is 2.79. The highest BCUT2D eigenvalue weighted by Crippen LogP contribution is 2.34. The second kappa shape index (κ2) is 3.57. The predicted octanol–water partition coefficient (Wildman–Crippen LogP) is 2.61.